The van der Waals surface area contributed by atoms with Crippen molar-refractivity contribution in [2.75, 3.05) is 18.4 Å². The number of rotatable bonds is 6. The summed E-state index contributed by atoms with van der Waals surface area (Å²) in [7, 11) is -3.58. The molecule has 1 saturated carbocycles. The summed E-state index contributed by atoms with van der Waals surface area (Å²) in [6, 6.07) is 8.41. The number of aromatic nitrogens is 2. The Hall–Kier alpha value is -2.19. The maximum atomic E-state index is 12.9. The first-order chi connectivity index (χ1) is 13.4. The van der Waals surface area contributed by atoms with Crippen molar-refractivity contribution in [1.82, 2.24) is 14.1 Å². The fourth-order valence-corrected chi connectivity index (χ4v) is 5.21. The van der Waals surface area contributed by atoms with Crippen LogP contribution in [0.25, 0.3) is 0 Å². The molecule has 0 radical (unpaired) electrons. The van der Waals surface area contributed by atoms with E-state index in [1.807, 2.05) is 11.6 Å². The molecule has 150 valence electrons. The maximum Gasteiger partial charge on any atom is 0.243 e. The second kappa shape index (κ2) is 7.67. The van der Waals surface area contributed by atoms with Crippen LogP contribution in [0.3, 0.4) is 0 Å². The van der Waals surface area contributed by atoms with Gasteiger partial charge in [-0.1, -0.05) is 18.2 Å². The van der Waals surface area contributed by atoms with Crippen LogP contribution in [0.15, 0.2) is 41.4 Å². The number of benzene rings is 1. The van der Waals surface area contributed by atoms with Crippen molar-refractivity contribution in [3.63, 3.8) is 0 Å². The van der Waals surface area contributed by atoms with Gasteiger partial charge in [-0.3, -0.25) is 4.79 Å². The van der Waals surface area contributed by atoms with Gasteiger partial charge in [-0.25, -0.2) is 13.1 Å². The Kier molecular flexibility index (Phi) is 5.25. The quantitative estimate of drug-likeness (QED) is 0.805. The van der Waals surface area contributed by atoms with E-state index < -0.39 is 10.0 Å². The third-order valence-electron chi connectivity index (χ3n) is 5.53. The summed E-state index contributed by atoms with van der Waals surface area (Å²) >= 11 is 0. The molecule has 1 N–H and O–H groups in total. The van der Waals surface area contributed by atoms with Crippen molar-refractivity contribution in [2.24, 2.45) is 11.8 Å². The number of aryl methyl sites for hydroxylation is 1. The van der Waals surface area contributed by atoms with Crippen LogP contribution >= 0.6 is 0 Å². The number of anilines is 1. The highest BCUT2D eigenvalue weighted by Gasteiger charge is 2.34. The lowest BCUT2D eigenvalue weighted by molar-refractivity contribution is -0.120. The first-order valence-electron chi connectivity index (χ1n) is 9.83. The average molecular weight is 403 g/mol. The van der Waals surface area contributed by atoms with Crippen LogP contribution in [0.1, 0.15) is 31.2 Å². The molecule has 28 heavy (non-hydrogen) atoms. The lowest BCUT2D eigenvalue weighted by atomic mass is 9.99. The van der Waals surface area contributed by atoms with E-state index in [1.54, 1.807) is 36.5 Å². The Morgan fingerprint density at radius 3 is 2.68 bits per heavy atom. The first kappa shape index (κ1) is 19.1. The SMILES string of the molecule is Cc1cnn(CC2CC2)c1NC(=O)C1CCCN(S(=O)(=O)c2ccccc2)C1. The number of carbonyl (C=O) groups is 1. The number of nitrogens with one attached hydrogen (secondary N) is 1. The lowest BCUT2D eigenvalue weighted by Crippen LogP contribution is -2.43. The molecule has 2 aromatic rings. The molecule has 1 amide bonds. The maximum absolute atomic E-state index is 12.9. The minimum absolute atomic E-state index is 0.131. The molecule has 1 unspecified atom stereocenters. The summed E-state index contributed by atoms with van der Waals surface area (Å²) in [4.78, 5) is 13.2. The molecule has 1 aromatic carbocycles. The molecule has 2 heterocycles. The van der Waals surface area contributed by atoms with Crippen LogP contribution < -0.4 is 5.32 Å². The van der Waals surface area contributed by atoms with E-state index in [9.17, 15) is 13.2 Å². The fraction of sp³-hybridized carbons (Fsp3) is 0.500. The van der Waals surface area contributed by atoms with Crippen molar-refractivity contribution in [3.05, 3.63) is 42.1 Å². The van der Waals surface area contributed by atoms with Gasteiger partial charge in [0.2, 0.25) is 15.9 Å². The fourth-order valence-electron chi connectivity index (χ4n) is 3.66. The van der Waals surface area contributed by atoms with E-state index in [-0.39, 0.29) is 23.3 Å². The van der Waals surface area contributed by atoms with Crippen LogP contribution in [0.2, 0.25) is 0 Å². The smallest absolute Gasteiger partial charge is 0.243 e. The van der Waals surface area contributed by atoms with E-state index in [2.05, 4.69) is 10.4 Å². The standard InChI is InChI=1S/C20H26N4O3S/c1-15-12-21-24(13-16-9-10-16)19(15)22-20(25)17-6-5-11-23(14-17)28(26,27)18-7-3-2-4-8-18/h2-4,7-8,12,16-17H,5-6,9-11,13-14H2,1H3,(H,22,25). The normalized spacial score (nSPS) is 20.8. The Morgan fingerprint density at radius 2 is 1.96 bits per heavy atom. The lowest BCUT2D eigenvalue weighted by Gasteiger charge is -2.31. The van der Waals surface area contributed by atoms with Gasteiger partial charge in [0.25, 0.3) is 0 Å². The van der Waals surface area contributed by atoms with Crippen LogP contribution in [0, 0.1) is 18.8 Å². The van der Waals surface area contributed by atoms with Crippen molar-refractivity contribution in [3.8, 4) is 0 Å². The van der Waals surface area contributed by atoms with Crippen LogP contribution in [-0.4, -0.2) is 41.5 Å². The minimum atomic E-state index is -3.58. The Labute approximate surface area is 165 Å². The third kappa shape index (κ3) is 3.98. The van der Waals surface area contributed by atoms with Gasteiger partial charge < -0.3 is 5.32 Å². The molecule has 2 fully saturated rings. The van der Waals surface area contributed by atoms with Crippen LogP contribution in [-0.2, 0) is 21.4 Å². The zero-order valence-corrected chi connectivity index (χ0v) is 16.9. The number of sulfonamides is 1. The molecule has 0 spiro atoms. The summed E-state index contributed by atoms with van der Waals surface area (Å²) in [5.41, 5.74) is 0.929. The number of hydrogen-bond donors (Lipinski definition) is 1. The third-order valence-corrected chi connectivity index (χ3v) is 7.41. The van der Waals surface area contributed by atoms with Crippen molar-refractivity contribution in [2.45, 2.75) is 44.0 Å². The second-order valence-corrected chi connectivity index (χ2v) is 9.74. The number of carbonyl (C=O) groups excluding carboxylic acids is 1. The average Bonchev–Trinajstić information content (AvgIpc) is 3.47. The predicted octanol–water partition coefficient (Wildman–Crippen LogP) is 2.64. The molecule has 2 aliphatic rings. The summed E-state index contributed by atoms with van der Waals surface area (Å²) in [5.74, 6) is 0.889. The van der Waals surface area contributed by atoms with Gasteiger partial charge in [0.05, 0.1) is 17.0 Å². The monoisotopic (exact) mass is 402 g/mol. The van der Waals surface area contributed by atoms with Gasteiger partial charge in [0.1, 0.15) is 5.82 Å². The molecule has 1 aliphatic carbocycles. The van der Waals surface area contributed by atoms with Crippen LogP contribution in [0.4, 0.5) is 5.82 Å². The number of hydrogen-bond acceptors (Lipinski definition) is 4. The molecule has 4 rings (SSSR count). The van der Waals surface area contributed by atoms with Crippen LogP contribution in [0.5, 0.6) is 0 Å². The molecular weight excluding hydrogens is 376 g/mol. The molecule has 1 aromatic heterocycles. The zero-order chi connectivity index (χ0) is 19.7. The minimum Gasteiger partial charge on any atom is -0.310 e. The van der Waals surface area contributed by atoms with E-state index in [4.69, 9.17) is 0 Å². The van der Waals surface area contributed by atoms with Crippen molar-refractivity contribution in [1.29, 1.82) is 0 Å². The van der Waals surface area contributed by atoms with Gasteiger partial charge in [0.15, 0.2) is 0 Å². The van der Waals surface area contributed by atoms with Gasteiger partial charge in [-0.15, -0.1) is 0 Å². The van der Waals surface area contributed by atoms with Crippen molar-refractivity contribution < 1.29 is 13.2 Å². The molecule has 1 saturated heterocycles. The molecule has 1 atom stereocenters. The Bertz CT molecular complexity index is 951. The molecule has 0 bridgehead atoms. The van der Waals surface area contributed by atoms with E-state index in [0.717, 1.165) is 17.9 Å². The highest BCUT2D eigenvalue weighted by Crippen LogP contribution is 2.32. The summed E-state index contributed by atoms with van der Waals surface area (Å²) < 4.78 is 29.1. The highest BCUT2D eigenvalue weighted by atomic mass is 32.2. The molecule has 8 heteroatoms. The Balaban J connectivity index is 1.46. The van der Waals surface area contributed by atoms with Gasteiger partial charge in [-0.05, 0) is 50.7 Å². The zero-order valence-electron chi connectivity index (χ0n) is 16.0. The summed E-state index contributed by atoms with van der Waals surface area (Å²) in [6.45, 7) is 3.40. The number of nitrogens with zero attached hydrogens (tertiary/aromatic N) is 3. The topological polar surface area (TPSA) is 84.3 Å². The summed E-state index contributed by atoms with van der Waals surface area (Å²) in [5, 5.41) is 7.40. The number of amides is 1. The van der Waals surface area contributed by atoms with E-state index in [1.165, 1.54) is 17.1 Å². The largest absolute Gasteiger partial charge is 0.310 e. The van der Waals surface area contributed by atoms with Gasteiger partial charge in [-0.2, -0.15) is 9.40 Å². The second-order valence-electron chi connectivity index (χ2n) is 7.81. The first-order valence-corrected chi connectivity index (χ1v) is 11.3. The highest BCUT2D eigenvalue weighted by molar-refractivity contribution is 7.89. The molecular formula is C20H26N4O3S. The predicted molar refractivity (Wildman–Crippen MR) is 106 cm³/mol. The van der Waals surface area contributed by atoms with Crippen molar-refractivity contribution >= 4 is 21.7 Å². The van der Waals surface area contributed by atoms with E-state index in [0.29, 0.717) is 25.3 Å². The summed E-state index contributed by atoms with van der Waals surface area (Å²) in [6.07, 6.45) is 5.54. The number of piperidine rings is 1. The van der Waals surface area contributed by atoms with Gasteiger partial charge >= 0.3 is 0 Å². The molecule has 1 aliphatic heterocycles. The molecule has 7 nitrogen and oxygen atoms in total. The van der Waals surface area contributed by atoms with Gasteiger partial charge in [0, 0.05) is 25.2 Å². The Morgan fingerprint density at radius 1 is 1.21 bits per heavy atom. The van der Waals surface area contributed by atoms with E-state index >= 15 is 0 Å².